The Kier molecular flexibility index (Phi) is 5.44. The average Bonchev–Trinajstić information content (AvgIpc) is 2.85. The van der Waals surface area contributed by atoms with Crippen LogP contribution in [0.1, 0.15) is 33.3 Å². The second kappa shape index (κ2) is 7.62. The molecule has 3 aromatic rings. The summed E-state index contributed by atoms with van der Waals surface area (Å²) in [7, 11) is 1.86. The third kappa shape index (κ3) is 3.66. The fraction of sp³-hybridized carbons (Fsp3) is 0.200. The van der Waals surface area contributed by atoms with Gasteiger partial charge in [-0.3, -0.25) is 0 Å². The number of esters is 2. The van der Waals surface area contributed by atoms with Crippen LogP contribution in [0.25, 0.3) is 10.9 Å². The number of hydrogen-bond acceptors (Lipinski definition) is 4. The first-order chi connectivity index (χ1) is 12.8. The van der Waals surface area contributed by atoms with Gasteiger partial charge in [-0.05, 0) is 50.2 Å². The quantitative estimate of drug-likeness (QED) is 0.442. The number of fused-ring (bicyclic) bond motifs is 1. The number of benzene rings is 2. The van der Waals surface area contributed by atoms with Crippen LogP contribution >= 0.6 is 23.2 Å². The maximum absolute atomic E-state index is 12.4. The molecule has 7 heteroatoms. The van der Waals surface area contributed by atoms with E-state index in [4.69, 9.17) is 32.7 Å². The Morgan fingerprint density at radius 2 is 1.81 bits per heavy atom. The molecule has 0 unspecified atom stereocenters. The lowest BCUT2D eigenvalue weighted by Gasteiger charge is -2.07. The molecular weight excluding hydrogens is 389 g/mol. The Bertz CT molecular complexity index is 1060. The van der Waals surface area contributed by atoms with Crippen LogP contribution in [0.4, 0.5) is 0 Å². The highest BCUT2D eigenvalue weighted by molar-refractivity contribution is 6.36. The van der Waals surface area contributed by atoms with Crippen LogP contribution in [0.3, 0.4) is 0 Å². The fourth-order valence-corrected chi connectivity index (χ4v) is 3.38. The van der Waals surface area contributed by atoms with Crippen LogP contribution in [-0.2, 0) is 11.8 Å². The summed E-state index contributed by atoms with van der Waals surface area (Å²) in [6.45, 7) is 3.87. The van der Waals surface area contributed by atoms with Crippen molar-refractivity contribution in [1.29, 1.82) is 0 Å². The van der Waals surface area contributed by atoms with Gasteiger partial charge in [-0.1, -0.05) is 23.2 Å². The first kappa shape index (κ1) is 19.3. The number of aryl methyl sites for hydroxylation is 1. The van der Waals surface area contributed by atoms with Crippen molar-refractivity contribution in [2.24, 2.45) is 7.05 Å². The van der Waals surface area contributed by atoms with Gasteiger partial charge >= 0.3 is 11.9 Å². The molecule has 0 amide bonds. The summed E-state index contributed by atoms with van der Waals surface area (Å²) in [5, 5.41) is 1.29. The molecule has 0 saturated heterocycles. The lowest BCUT2D eigenvalue weighted by molar-refractivity contribution is 0.0527. The predicted octanol–water partition coefficient (Wildman–Crippen LogP) is 5.19. The summed E-state index contributed by atoms with van der Waals surface area (Å²) >= 11 is 11.9. The van der Waals surface area contributed by atoms with Gasteiger partial charge in [-0.25, -0.2) is 9.59 Å². The Hall–Kier alpha value is -2.50. The number of aromatic nitrogens is 1. The van der Waals surface area contributed by atoms with Gasteiger partial charge < -0.3 is 14.0 Å². The molecule has 140 valence electrons. The first-order valence-corrected chi connectivity index (χ1v) is 9.02. The predicted molar refractivity (Wildman–Crippen MR) is 105 cm³/mol. The highest BCUT2D eigenvalue weighted by Gasteiger charge is 2.21. The molecular formula is C20H17Cl2NO4. The maximum Gasteiger partial charge on any atom is 0.345 e. The highest BCUT2D eigenvalue weighted by atomic mass is 35.5. The van der Waals surface area contributed by atoms with E-state index >= 15 is 0 Å². The largest absolute Gasteiger partial charge is 0.462 e. The molecule has 0 radical (unpaired) electrons. The number of rotatable bonds is 4. The zero-order chi connectivity index (χ0) is 19.7. The van der Waals surface area contributed by atoms with Crippen molar-refractivity contribution < 1.29 is 19.1 Å². The lowest BCUT2D eigenvalue weighted by atomic mass is 10.1. The monoisotopic (exact) mass is 405 g/mol. The minimum absolute atomic E-state index is 0.205. The average molecular weight is 406 g/mol. The summed E-state index contributed by atoms with van der Waals surface area (Å²) in [4.78, 5) is 24.8. The van der Waals surface area contributed by atoms with Crippen LogP contribution in [0.5, 0.6) is 5.75 Å². The molecule has 0 aliphatic carbocycles. The van der Waals surface area contributed by atoms with Gasteiger partial charge in [0.05, 0.1) is 22.8 Å². The standard InChI is InChI=1S/C20H17Cl2NO4/c1-4-26-20(25)18-11(2)23(3)17-8-6-13(10-15(17)18)27-19(24)14-7-5-12(21)9-16(14)22/h5-10H,4H2,1-3H3. The van der Waals surface area contributed by atoms with Crippen molar-refractivity contribution in [2.75, 3.05) is 6.61 Å². The van der Waals surface area contributed by atoms with E-state index in [9.17, 15) is 9.59 Å². The van der Waals surface area contributed by atoms with E-state index in [-0.39, 0.29) is 17.2 Å². The zero-order valence-electron chi connectivity index (χ0n) is 15.0. The van der Waals surface area contributed by atoms with Gasteiger partial charge in [0.2, 0.25) is 0 Å². The maximum atomic E-state index is 12.4. The van der Waals surface area contributed by atoms with Crippen LogP contribution in [0.2, 0.25) is 10.0 Å². The molecule has 0 aliphatic rings. The van der Waals surface area contributed by atoms with Crippen molar-refractivity contribution in [3.8, 4) is 5.75 Å². The minimum atomic E-state index is -0.610. The number of halogens is 2. The molecule has 0 fully saturated rings. The molecule has 5 nitrogen and oxygen atoms in total. The van der Waals surface area contributed by atoms with Crippen molar-refractivity contribution in [3.63, 3.8) is 0 Å². The van der Waals surface area contributed by atoms with E-state index in [0.717, 1.165) is 11.2 Å². The zero-order valence-corrected chi connectivity index (χ0v) is 16.5. The molecule has 2 aromatic carbocycles. The second-order valence-electron chi connectivity index (χ2n) is 5.93. The number of hydrogen-bond donors (Lipinski definition) is 0. The van der Waals surface area contributed by atoms with Gasteiger partial charge in [0.1, 0.15) is 5.75 Å². The molecule has 0 saturated carbocycles. The van der Waals surface area contributed by atoms with Gasteiger partial charge in [-0.2, -0.15) is 0 Å². The van der Waals surface area contributed by atoms with Crippen molar-refractivity contribution in [1.82, 2.24) is 4.57 Å². The Labute approximate surface area is 166 Å². The van der Waals surface area contributed by atoms with Gasteiger partial charge in [-0.15, -0.1) is 0 Å². The molecule has 0 atom stereocenters. The van der Waals surface area contributed by atoms with E-state index in [1.165, 1.54) is 12.1 Å². The summed E-state index contributed by atoms with van der Waals surface area (Å²) in [5.74, 6) is -0.721. The Balaban J connectivity index is 2.00. The first-order valence-electron chi connectivity index (χ1n) is 8.26. The third-order valence-electron chi connectivity index (χ3n) is 4.30. The van der Waals surface area contributed by atoms with E-state index < -0.39 is 11.9 Å². The fourth-order valence-electron chi connectivity index (χ4n) is 2.89. The van der Waals surface area contributed by atoms with Crippen LogP contribution in [0.15, 0.2) is 36.4 Å². The highest BCUT2D eigenvalue weighted by Crippen LogP contribution is 2.30. The smallest absolute Gasteiger partial charge is 0.345 e. The second-order valence-corrected chi connectivity index (χ2v) is 6.78. The van der Waals surface area contributed by atoms with E-state index in [1.807, 2.05) is 18.5 Å². The summed E-state index contributed by atoms with van der Waals surface area (Å²) in [5.41, 5.74) is 2.26. The van der Waals surface area contributed by atoms with Crippen molar-refractivity contribution >= 4 is 46.0 Å². The molecule has 1 heterocycles. The molecule has 0 N–H and O–H groups in total. The topological polar surface area (TPSA) is 57.5 Å². The van der Waals surface area contributed by atoms with E-state index in [1.54, 1.807) is 31.2 Å². The van der Waals surface area contributed by atoms with Gasteiger partial charge in [0.15, 0.2) is 0 Å². The van der Waals surface area contributed by atoms with Gasteiger partial charge in [0.25, 0.3) is 0 Å². The number of nitrogens with zero attached hydrogens (tertiary/aromatic N) is 1. The molecule has 0 bridgehead atoms. The van der Waals surface area contributed by atoms with E-state index in [2.05, 4.69) is 0 Å². The van der Waals surface area contributed by atoms with Crippen LogP contribution in [0, 0.1) is 6.92 Å². The number of carbonyl (C=O) groups is 2. The Morgan fingerprint density at radius 3 is 2.48 bits per heavy atom. The van der Waals surface area contributed by atoms with Crippen LogP contribution in [-0.4, -0.2) is 23.1 Å². The SMILES string of the molecule is CCOC(=O)c1c(C)n(C)c2ccc(OC(=O)c3ccc(Cl)cc3Cl)cc12. The van der Waals surface area contributed by atoms with E-state index in [0.29, 0.717) is 21.7 Å². The Morgan fingerprint density at radius 1 is 1.07 bits per heavy atom. The normalized spacial score (nSPS) is 10.9. The summed E-state index contributed by atoms with van der Waals surface area (Å²) in [6.07, 6.45) is 0. The molecule has 3 rings (SSSR count). The molecule has 0 aliphatic heterocycles. The third-order valence-corrected chi connectivity index (χ3v) is 4.85. The van der Waals surface area contributed by atoms with Gasteiger partial charge in [0, 0.05) is 28.7 Å². The number of carbonyl (C=O) groups excluding carboxylic acids is 2. The molecule has 1 aromatic heterocycles. The summed E-state index contributed by atoms with van der Waals surface area (Å²) in [6, 6.07) is 9.64. The van der Waals surface area contributed by atoms with Crippen molar-refractivity contribution in [3.05, 3.63) is 63.3 Å². The summed E-state index contributed by atoms with van der Waals surface area (Å²) < 4.78 is 12.5. The van der Waals surface area contributed by atoms with Crippen molar-refractivity contribution in [2.45, 2.75) is 13.8 Å². The molecule has 27 heavy (non-hydrogen) atoms. The lowest BCUT2D eigenvalue weighted by Crippen LogP contribution is -2.09. The minimum Gasteiger partial charge on any atom is -0.462 e. The molecule has 0 spiro atoms. The number of ether oxygens (including phenoxy) is 2. The van der Waals surface area contributed by atoms with Crippen LogP contribution < -0.4 is 4.74 Å².